The van der Waals surface area contributed by atoms with Gasteiger partial charge in [0.1, 0.15) is 6.54 Å². The molecule has 0 saturated carbocycles. The number of primary amides is 1. The van der Waals surface area contributed by atoms with Crippen molar-refractivity contribution >= 4 is 34.8 Å². The molecule has 0 unspecified atom stereocenters. The quantitative estimate of drug-likeness (QED) is 0.889. The molecule has 0 aliphatic heterocycles. The minimum absolute atomic E-state index is 0.0602. The highest BCUT2D eigenvalue weighted by Crippen LogP contribution is 2.19. The van der Waals surface area contributed by atoms with Gasteiger partial charge in [-0.25, -0.2) is 0 Å². The van der Waals surface area contributed by atoms with E-state index >= 15 is 0 Å². The monoisotopic (exact) mass is 298 g/mol. The van der Waals surface area contributed by atoms with Crippen molar-refractivity contribution in [1.29, 1.82) is 0 Å². The van der Waals surface area contributed by atoms with E-state index in [1.54, 1.807) is 18.5 Å². The number of carbonyl (C=O) groups is 1. The first kappa shape index (κ1) is 13.7. The molecule has 0 aliphatic rings. The van der Waals surface area contributed by atoms with Crippen LogP contribution in [0, 0.1) is 0 Å². The first-order chi connectivity index (χ1) is 9.02. The Kier molecular flexibility index (Phi) is 4.29. The summed E-state index contributed by atoms with van der Waals surface area (Å²) < 4.78 is 1.47. The molecule has 0 radical (unpaired) electrons. The molecule has 0 spiro atoms. The number of nitrogens with two attached hydrogens (primary N) is 1. The minimum Gasteiger partial charge on any atom is -0.378 e. The third-order valence-electron chi connectivity index (χ3n) is 2.37. The molecular weight excluding hydrogens is 287 g/mol. The van der Waals surface area contributed by atoms with Crippen LogP contribution in [0.25, 0.3) is 0 Å². The van der Waals surface area contributed by atoms with E-state index < -0.39 is 5.91 Å². The standard InChI is InChI=1S/C12H12Cl2N4O/c13-9-1-8(2-10(14)3-9)4-16-11-5-17-18(6-11)7-12(15)19/h1-3,5-6,16H,4,7H2,(H2,15,19). The lowest BCUT2D eigenvalue weighted by atomic mass is 10.2. The summed E-state index contributed by atoms with van der Waals surface area (Å²) in [6.45, 7) is 0.618. The molecule has 0 atom stereocenters. The predicted molar refractivity (Wildman–Crippen MR) is 75.2 cm³/mol. The van der Waals surface area contributed by atoms with Crippen LogP contribution in [0.3, 0.4) is 0 Å². The van der Waals surface area contributed by atoms with Gasteiger partial charge in [-0.2, -0.15) is 5.10 Å². The van der Waals surface area contributed by atoms with Crippen molar-refractivity contribution < 1.29 is 4.79 Å². The molecule has 1 heterocycles. The fourth-order valence-corrected chi connectivity index (χ4v) is 2.19. The van der Waals surface area contributed by atoms with Crippen molar-refractivity contribution in [2.24, 2.45) is 5.73 Å². The van der Waals surface area contributed by atoms with E-state index in [1.807, 2.05) is 12.1 Å². The Labute approximate surface area is 120 Å². The zero-order chi connectivity index (χ0) is 13.8. The van der Waals surface area contributed by atoms with Crippen LogP contribution in [0.15, 0.2) is 30.6 Å². The second kappa shape index (κ2) is 5.95. The maximum absolute atomic E-state index is 10.7. The summed E-state index contributed by atoms with van der Waals surface area (Å²) in [5, 5.41) is 8.34. The lowest BCUT2D eigenvalue weighted by Crippen LogP contribution is -2.18. The Morgan fingerprint density at radius 3 is 2.63 bits per heavy atom. The highest BCUT2D eigenvalue weighted by Gasteiger charge is 2.02. The lowest BCUT2D eigenvalue weighted by molar-refractivity contribution is -0.118. The summed E-state index contributed by atoms with van der Waals surface area (Å²) in [5.41, 5.74) is 6.83. The molecule has 100 valence electrons. The average molecular weight is 299 g/mol. The number of carbonyl (C=O) groups excluding carboxylic acids is 1. The van der Waals surface area contributed by atoms with Gasteiger partial charge in [-0.1, -0.05) is 23.2 Å². The summed E-state index contributed by atoms with van der Waals surface area (Å²) in [6.07, 6.45) is 3.33. The molecule has 1 aromatic heterocycles. The fraction of sp³-hybridized carbons (Fsp3) is 0.167. The normalized spacial score (nSPS) is 10.4. The molecule has 2 rings (SSSR count). The summed E-state index contributed by atoms with van der Waals surface area (Å²) in [6, 6.07) is 5.33. The van der Waals surface area contributed by atoms with E-state index in [0.29, 0.717) is 16.6 Å². The lowest BCUT2D eigenvalue weighted by Gasteiger charge is -2.05. The topological polar surface area (TPSA) is 72.9 Å². The molecule has 0 bridgehead atoms. The average Bonchev–Trinajstić information content (AvgIpc) is 2.72. The molecule has 3 N–H and O–H groups in total. The van der Waals surface area contributed by atoms with Crippen LogP contribution in [0.2, 0.25) is 10.0 Å². The van der Waals surface area contributed by atoms with Crippen LogP contribution in [-0.2, 0) is 17.9 Å². The Morgan fingerprint density at radius 1 is 1.32 bits per heavy atom. The van der Waals surface area contributed by atoms with Gasteiger partial charge in [-0.05, 0) is 23.8 Å². The predicted octanol–water partition coefficient (Wildman–Crippen LogP) is 2.29. The van der Waals surface area contributed by atoms with E-state index in [-0.39, 0.29) is 6.54 Å². The summed E-state index contributed by atoms with van der Waals surface area (Å²) in [7, 11) is 0. The number of aromatic nitrogens is 2. The number of benzene rings is 1. The van der Waals surface area contributed by atoms with Gasteiger partial charge in [0.2, 0.25) is 5.91 Å². The Morgan fingerprint density at radius 2 is 2.00 bits per heavy atom. The Bertz CT molecular complexity index is 577. The molecule has 0 aliphatic carbocycles. The molecule has 1 aromatic carbocycles. The number of hydrogen-bond donors (Lipinski definition) is 2. The van der Waals surface area contributed by atoms with Crippen LogP contribution in [0.4, 0.5) is 5.69 Å². The highest BCUT2D eigenvalue weighted by atomic mass is 35.5. The van der Waals surface area contributed by atoms with E-state index in [4.69, 9.17) is 28.9 Å². The van der Waals surface area contributed by atoms with E-state index in [0.717, 1.165) is 11.3 Å². The van der Waals surface area contributed by atoms with Gasteiger partial charge < -0.3 is 11.1 Å². The number of amides is 1. The number of hydrogen-bond acceptors (Lipinski definition) is 3. The van der Waals surface area contributed by atoms with Gasteiger partial charge in [0.15, 0.2) is 0 Å². The molecule has 0 fully saturated rings. The minimum atomic E-state index is -0.434. The molecule has 0 saturated heterocycles. The van der Waals surface area contributed by atoms with Crippen LogP contribution in [-0.4, -0.2) is 15.7 Å². The number of anilines is 1. The molecule has 19 heavy (non-hydrogen) atoms. The van der Waals surface area contributed by atoms with Crippen molar-refractivity contribution in [2.45, 2.75) is 13.1 Å². The van der Waals surface area contributed by atoms with Crippen LogP contribution >= 0.6 is 23.2 Å². The van der Waals surface area contributed by atoms with Crippen molar-refractivity contribution in [1.82, 2.24) is 9.78 Å². The number of nitrogens with one attached hydrogen (secondary N) is 1. The van der Waals surface area contributed by atoms with E-state index in [2.05, 4.69) is 10.4 Å². The molecule has 1 amide bonds. The molecular formula is C12H12Cl2N4O. The zero-order valence-electron chi connectivity index (χ0n) is 9.94. The Balaban J connectivity index is 1.98. The molecule has 5 nitrogen and oxygen atoms in total. The number of nitrogens with zero attached hydrogens (tertiary/aromatic N) is 2. The maximum Gasteiger partial charge on any atom is 0.239 e. The summed E-state index contributed by atoms with van der Waals surface area (Å²) >= 11 is 11.8. The van der Waals surface area contributed by atoms with Crippen molar-refractivity contribution in [3.8, 4) is 0 Å². The van der Waals surface area contributed by atoms with Gasteiger partial charge >= 0.3 is 0 Å². The van der Waals surface area contributed by atoms with Crippen molar-refractivity contribution in [3.05, 3.63) is 46.2 Å². The highest BCUT2D eigenvalue weighted by molar-refractivity contribution is 6.34. The van der Waals surface area contributed by atoms with Crippen molar-refractivity contribution in [2.75, 3.05) is 5.32 Å². The number of rotatable bonds is 5. The third kappa shape index (κ3) is 4.15. The number of halogens is 2. The third-order valence-corrected chi connectivity index (χ3v) is 2.81. The summed E-state index contributed by atoms with van der Waals surface area (Å²) in [5.74, 6) is -0.434. The first-order valence-corrected chi connectivity index (χ1v) is 6.28. The smallest absolute Gasteiger partial charge is 0.239 e. The zero-order valence-corrected chi connectivity index (χ0v) is 11.4. The van der Waals surface area contributed by atoms with Gasteiger partial charge in [0.25, 0.3) is 0 Å². The van der Waals surface area contributed by atoms with Crippen LogP contribution in [0.1, 0.15) is 5.56 Å². The second-order valence-corrected chi connectivity index (χ2v) is 4.90. The Hall–Kier alpha value is -1.72. The second-order valence-electron chi connectivity index (χ2n) is 4.02. The largest absolute Gasteiger partial charge is 0.378 e. The fourth-order valence-electron chi connectivity index (χ4n) is 1.62. The summed E-state index contributed by atoms with van der Waals surface area (Å²) in [4.78, 5) is 10.7. The van der Waals surface area contributed by atoms with Gasteiger partial charge in [-0.15, -0.1) is 0 Å². The van der Waals surface area contributed by atoms with Crippen LogP contribution < -0.4 is 11.1 Å². The van der Waals surface area contributed by atoms with Gasteiger partial charge in [0.05, 0.1) is 11.9 Å². The SMILES string of the molecule is NC(=O)Cn1cc(NCc2cc(Cl)cc(Cl)c2)cn1. The maximum atomic E-state index is 10.7. The van der Waals surface area contributed by atoms with E-state index in [9.17, 15) is 4.79 Å². The van der Waals surface area contributed by atoms with Gasteiger partial charge in [0, 0.05) is 22.8 Å². The van der Waals surface area contributed by atoms with E-state index in [1.165, 1.54) is 4.68 Å². The van der Waals surface area contributed by atoms with Gasteiger partial charge in [-0.3, -0.25) is 9.48 Å². The molecule has 7 heteroatoms. The first-order valence-electron chi connectivity index (χ1n) is 5.52. The molecule has 2 aromatic rings. The van der Waals surface area contributed by atoms with Crippen molar-refractivity contribution in [3.63, 3.8) is 0 Å². The van der Waals surface area contributed by atoms with Crippen LogP contribution in [0.5, 0.6) is 0 Å².